The first kappa shape index (κ1) is 15.4. The van der Waals surface area contributed by atoms with Crippen LogP contribution >= 0.6 is 0 Å². The highest BCUT2D eigenvalue weighted by Crippen LogP contribution is 2.50. The monoisotopic (exact) mass is 285 g/mol. The number of rotatable bonds is 7. The minimum Gasteiger partial charge on any atom is -0.314 e. The van der Waals surface area contributed by atoms with E-state index in [-0.39, 0.29) is 12.5 Å². The van der Waals surface area contributed by atoms with Gasteiger partial charge >= 0.3 is 6.18 Å². The Labute approximate surface area is 118 Å². The second-order valence-electron chi connectivity index (χ2n) is 5.63. The third-order valence-corrected chi connectivity index (χ3v) is 3.98. The summed E-state index contributed by atoms with van der Waals surface area (Å²) in [6.45, 7) is 2.83. The van der Waals surface area contributed by atoms with E-state index in [9.17, 15) is 13.2 Å². The smallest absolute Gasteiger partial charge is 0.314 e. The largest absolute Gasteiger partial charge is 0.389 e. The molecule has 1 nitrogen and oxygen atoms in total. The maximum absolute atomic E-state index is 12.4. The Balaban J connectivity index is 1.91. The summed E-state index contributed by atoms with van der Waals surface area (Å²) in [6.07, 6.45) is -2.60. The molecule has 0 spiro atoms. The standard InChI is InChI=1S/C16H22F3N/c1-2-10-20-15(8-9-16(17,18)19)14-11-13(14)12-6-4-3-5-7-12/h3-7,13-15,20H,2,8-11H2,1H3. The van der Waals surface area contributed by atoms with Crippen LogP contribution in [0.15, 0.2) is 30.3 Å². The van der Waals surface area contributed by atoms with Gasteiger partial charge in [0.25, 0.3) is 0 Å². The zero-order valence-corrected chi connectivity index (χ0v) is 11.8. The van der Waals surface area contributed by atoms with Crippen LogP contribution in [0.5, 0.6) is 0 Å². The molecule has 0 radical (unpaired) electrons. The molecule has 0 heterocycles. The summed E-state index contributed by atoms with van der Waals surface area (Å²) in [7, 11) is 0. The van der Waals surface area contributed by atoms with E-state index in [1.807, 2.05) is 25.1 Å². The SMILES string of the molecule is CCCNC(CCC(F)(F)F)C1CC1c1ccccc1. The van der Waals surface area contributed by atoms with Crippen LogP contribution in [0.4, 0.5) is 13.2 Å². The van der Waals surface area contributed by atoms with Gasteiger partial charge in [-0.25, -0.2) is 0 Å². The van der Waals surface area contributed by atoms with Crippen LogP contribution in [-0.2, 0) is 0 Å². The molecule has 1 N–H and O–H groups in total. The van der Waals surface area contributed by atoms with Crippen LogP contribution in [0.3, 0.4) is 0 Å². The normalized spacial score (nSPS) is 23.6. The fraction of sp³-hybridized carbons (Fsp3) is 0.625. The second kappa shape index (κ2) is 6.61. The number of alkyl halides is 3. The van der Waals surface area contributed by atoms with E-state index in [0.717, 1.165) is 19.4 Å². The average Bonchev–Trinajstić information content (AvgIpc) is 3.19. The zero-order chi connectivity index (χ0) is 14.6. The minimum atomic E-state index is -4.05. The van der Waals surface area contributed by atoms with Crippen LogP contribution in [0, 0.1) is 5.92 Å². The van der Waals surface area contributed by atoms with Gasteiger partial charge in [-0.1, -0.05) is 37.3 Å². The number of benzene rings is 1. The van der Waals surface area contributed by atoms with E-state index in [4.69, 9.17) is 0 Å². The van der Waals surface area contributed by atoms with E-state index in [1.54, 1.807) is 0 Å². The van der Waals surface area contributed by atoms with Gasteiger partial charge in [0.2, 0.25) is 0 Å². The average molecular weight is 285 g/mol. The summed E-state index contributed by atoms with van der Waals surface area (Å²) < 4.78 is 37.2. The van der Waals surface area contributed by atoms with Crippen molar-refractivity contribution in [3.63, 3.8) is 0 Å². The molecule has 2 rings (SSSR count). The zero-order valence-electron chi connectivity index (χ0n) is 11.8. The Bertz CT molecular complexity index is 402. The van der Waals surface area contributed by atoms with E-state index in [1.165, 1.54) is 5.56 Å². The highest BCUT2D eigenvalue weighted by atomic mass is 19.4. The molecular weight excluding hydrogens is 263 g/mol. The van der Waals surface area contributed by atoms with Crippen molar-refractivity contribution in [3.8, 4) is 0 Å². The predicted octanol–water partition coefficient (Wildman–Crippen LogP) is 4.50. The van der Waals surface area contributed by atoms with Crippen molar-refractivity contribution < 1.29 is 13.2 Å². The molecule has 0 bridgehead atoms. The van der Waals surface area contributed by atoms with E-state index in [2.05, 4.69) is 17.4 Å². The molecule has 0 aromatic heterocycles. The maximum atomic E-state index is 12.4. The summed E-state index contributed by atoms with van der Waals surface area (Å²) in [5, 5.41) is 3.30. The van der Waals surface area contributed by atoms with Gasteiger partial charge in [0.15, 0.2) is 0 Å². The summed E-state index contributed by atoms with van der Waals surface area (Å²) in [4.78, 5) is 0. The van der Waals surface area contributed by atoms with Gasteiger partial charge in [-0.15, -0.1) is 0 Å². The fourth-order valence-corrected chi connectivity index (χ4v) is 2.86. The molecule has 4 heteroatoms. The molecular formula is C16H22F3N. The van der Waals surface area contributed by atoms with Crippen molar-refractivity contribution in [1.29, 1.82) is 0 Å². The highest BCUT2D eigenvalue weighted by Gasteiger charge is 2.44. The molecule has 112 valence electrons. The molecule has 1 aromatic carbocycles. The Morgan fingerprint density at radius 1 is 1.25 bits per heavy atom. The van der Waals surface area contributed by atoms with E-state index < -0.39 is 12.6 Å². The highest BCUT2D eigenvalue weighted by molar-refractivity contribution is 5.26. The summed E-state index contributed by atoms with van der Waals surface area (Å²) >= 11 is 0. The molecule has 3 unspecified atom stereocenters. The third-order valence-electron chi connectivity index (χ3n) is 3.98. The molecule has 1 aliphatic rings. The summed E-state index contributed by atoms with van der Waals surface area (Å²) in [6, 6.07) is 10.1. The summed E-state index contributed by atoms with van der Waals surface area (Å²) in [5.41, 5.74) is 1.26. The first-order valence-electron chi connectivity index (χ1n) is 7.36. The van der Waals surface area contributed by atoms with Crippen LogP contribution in [0.25, 0.3) is 0 Å². The minimum absolute atomic E-state index is 0.0122. The molecule has 20 heavy (non-hydrogen) atoms. The van der Waals surface area contributed by atoms with Crippen molar-refractivity contribution >= 4 is 0 Å². The number of nitrogens with one attached hydrogen (secondary N) is 1. The first-order chi connectivity index (χ1) is 9.51. The lowest BCUT2D eigenvalue weighted by Gasteiger charge is -2.19. The van der Waals surface area contributed by atoms with Crippen molar-refractivity contribution in [2.24, 2.45) is 5.92 Å². The quantitative estimate of drug-likeness (QED) is 0.777. The van der Waals surface area contributed by atoms with Gasteiger partial charge in [-0.3, -0.25) is 0 Å². The molecule has 0 amide bonds. The van der Waals surface area contributed by atoms with Crippen LogP contribution < -0.4 is 5.32 Å². The lowest BCUT2D eigenvalue weighted by atomic mass is 10.0. The van der Waals surface area contributed by atoms with Gasteiger partial charge in [-0.2, -0.15) is 13.2 Å². The van der Waals surface area contributed by atoms with Gasteiger partial charge in [-0.05, 0) is 43.2 Å². The second-order valence-corrected chi connectivity index (χ2v) is 5.63. The Hall–Kier alpha value is -1.03. The predicted molar refractivity (Wildman–Crippen MR) is 74.7 cm³/mol. The maximum Gasteiger partial charge on any atom is 0.389 e. The Morgan fingerprint density at radius 3 is 2.55 bits per heavy atom. The van der Waals surface area contributed by atoms with Crippen LogP contribution in [0.1, 0.15) is 44.1 Å². The number of hydrogen-bond acceptors (Lipinski definition) is 1. The Kier molecular flexibility index (Phi) is 5.08. The molecule has 3 atom stereocenters. The lowest BCUT2D eigenvalue weighted by Crippen LogP contribution is -2.33. The van der Waals surface area contributed by atoms with Gasteiger partial charge in [0.05, 0.1) is 0 Å². The molecule has 0 aliphatic heterocycles. The van der Waals surface area contributed by atoms with E-state index >= 15 is 0 Å². The fourth-order valence-electron chi connectivity index (χ4n) is 2.86. The van der Waals surface area contributed by atoms with Gasteiger partial charge in [0, 0.05) is 12.5 Å². The Morgan fingerprint density at radius 2 is 1.95 bits per heavy atom. The molecule has 1 aromatic rings. The molecule has 1 aliphatic carbocycles. The molecule has 0 saturated heterocycles. The number of hydrogen-bond donors (Lipinski definition) is 1. The van der Waals surface area contributed by atoms with E-state index in [0.29, 0.717) is 11.8 Å². The first-order valence-corrected chi connectivity index (χ1v) is 7.36. The van der Waals surface area contributed by atoms with Crippen molar-refractivity contribution in [1.82, 2.24) is 5.32 Å². The number of halogens is 3. The van der Waals surface area contributed by atoms with Crippen LogP contribution in [-0.4, -0.2) is 18.8 Å². The topological polar surface area (TPSA) is 12.0 Å². The van der Waals surface area contributed by atoms with Gasteiger partial charge < -0.3 is 5.32 Å². The molecule has 1 saturated carbocycles. The van der Waals surface area contributed by atoms with Crippen molar-refractivity contribution in [3.05, 3.63) is 35.9 Å². The van der Waals surface area contributed by atoms with Crippen molar-refractivity contribution in [2.75, 3.05) is 6.54 Å². The van der Waals surface area contributed by atoms with Gasteiger partial charge in [0.1, 0.15) is 0 Å². The third kappa shape index (κ3) is 4.51. The summed E-state index contributed by atoms with van der Waals surface area (Å²) in [5.74, 6) is 0.782. The van der Waals surface area contributed by atoms with Crippen LogP contribution in [0.2, 0.25) is 0 Å². The molecule has 1 fully saturated rings. The van der Waals surface area contributed by atoms with Crippen molar-refractivity contribution in [2.45, 2.75) is 50.7 Å². The lowest BCUT2D eigenvalue weighted by molar-refractivity contribution is -0.136.